The van der Waals surface area contributed by atoms with Gasteiger partial charge >= 0.3 is 0 Å². The van der Waals surface area contributed by atoms with Crippen molar-refractivity contribution in [1.82, 2.24) is 15.3 Å². The van der Waals surface area contributed by atoms with E-state index < -0.39 is 0 Å². The number of hydrogen-bond acceptors (Lipinski definition) is 4. The number of rotatable bonds is 4. The minimum absolute atomic E-state index is 0.0323. The summed E-state index contributed by atoms with van der Waals surface area (Å²) in [5.41, 5.74) is 0.518. The summed E-state index contributed by atoms with van der Waals surface area (Å²) in [5.74, 6) is 0.711. The zero-order chi connectivity index (χ0) is 16.3. The first-order valence-corrected chi connectivity index (χ1v) is 7.64. The van der Waals surface area contributed by atoms with Gasteiger partial charge in [0.05, 0.1) is 12.1 Å². The Morgan fingerprint density at radius 1 is 1.32 bits per heavy atom. The number of carbonyl (C=O) groups is 1. The molecule has 0 unspecified atom stereocenters. The van der Waals surface area contributed by atoms with E-state index >= 15 is 0 Å². The summed E-state index contributed by atoms with van der Waals surface area (Å²) >= 11 is 6.00. The molecule has 118 valence electrons. The Morgan fingerprint density at radius 2 is 2.05 bits per heavy atom. The lowest BCUT2D eigenvalue weighted by Gasteiger charge is -2.26. The summed E-state index contributed by atoms with van der Waals surface area (Å²) < 4.78 is 0. The maximum Gasteiger partial charge on any atom is 0.239 e. The molecule has 0 aliphatic carbocycles. The van der Waals surface area contributed by atoms with E-state index in [-0.39, 0.29) is 18.0 Å². The largest absolute Gasteiger partial charge is 0.350 e. The van der Waals surface area contributed by atoms with Crippen LogP contribution in [0.4, 0.5) is 5.82 Å². The summed E-state index contributed by atoms with van der Waals surface area (Å²) in [4.78, 5) is 22.7. The highest BCUT2D eigenvalue weighted by Gasteiger charge is 2.18. The van der Waals surface area contributed by atoms with E-state index in [9.17, 15) is 4.79 Å². The first kappa shape index (κ1) is 16.5. The van der Waals surface area contributed by atoms with Crippen LogP contribution in [0.3, 0.4) is 0 Å². The zero-order valence-corrected chi connectivity index (χ0v) is 14.1. The van der Waals surface area contributed by atoms with Crippen molar-refractivity contribution in [2.45, 2.75) is 33.2 Å². The standard InChI is InChI=1S/C16H21ClN4O/c1-5-21(9-14(22)20-16(2,3)4)15-12-7-6-11(17)8-13(12)18-10-19-15/h6-8,10H,5,9H2,1-4H3,(H,20,22). The minimum atomic E-state index is -0.252. The lowest BCUT2D eigenvalue weighted by molar-refractivity contribution is -0.121. The number of nitrogens with zero attached hydrogens (tertiary/aromatic N) is 3. The molecule has 5 nitrogen and oxygen atoms in total. The van der Waals surface area contributed by atoms with Gasteiger partial charge in [0.1, 0.15) is 12.1 Å². The maximum absolute atomic E-state index is 12.2. The van der Waals surface area contributed by atoms with Gasteiger partial charge in [-0.2, -0.15) is 0 Å². The first-order valence-electron chi connectivity index (χ1n) is 7.26. The molecule has 0 spiro atoms. The van der Waals surface area contributed by atoms with Crippen molar-refractivity contribution in [3.63, 3.8) is 0 Å². The molecule has 1 amide bonds. The van der Waals surface area contributed by atoms with E-state index in [0.29, 0.717) is 11.6 Å². The van der Waals surface area contributed by atoms with Crippen LogP contribution in [0, 0.1) is 0 Å². The third kappa shape index (κ3) is 4.07. The van der Waals surface area contributed by atoms with Crippen molar-refractivity contribution in [1.29, 1.82) is 0 Å². The molecule has 6 heteroatoms. The Hall–Kier alpha value is -1.88. The van der Waals surface area contributed by atoms with Crippen LogP contribution < -0.4 is 10.2 Å². The average molecular weight is 321 g/mol. The number of hydrogen-bond donors (Lipinski definition) is 1. The van der Waals surface area contributed by atoms with E-state index in [4.69, 9.17) is 11.6 Å². The molecule has 1 heterocycles. The molecule has 0 fully saturated rings. The second-order valence-electron chi connectivity index (χ2n) is 6.17. The summed E-state index contributed by atoms with van der Waals surface area (Å²) in [6.07, 6.45) is 1.50. The highest BCUT2D eigenvalue weighted by molar-refractivity contribution is 6.31. The second kappa shape index (κ2) is 6.48. The van der Waals surface area contributed by atoms with Crippen molar-refractivity contribution in [3.8, 4) is 0 Å². The predicted molar refractivity (Wildman–Crippen MR) is 90.3 cm³/mol. The lowest BCUT2D eigenvalue weighted by atomic mass is 10.1. The molecule has 0 atom stereocenters. The van der Waals surface area contributed by atoms with E-state index in [0.717, 1.165) is 16.7 Å². The van der Waals surface area contributed by atoms with Crippen LogP contribution in [0.1, 0.15) is 27.7 Å². The number of anilines is 1. The van der Waals surface area contributed by atoms with Gasteiger partial charge in [-0.15, -0.1) is 0 Å². The molecule has 1 aromatic heterocycles. The van der Waals surface area contributed by atoms with Gasteiger partial charge in [-0.1, -0.05) is 11.6 Å². The Bertz CT molecular complexity index is 681. The van der Waals surface area contributed by atoms with Gasteiger partial charge in [-0.05, 0) is 45.9 Å². The predicted octanol–water partition coefficient (Wildman–Crippen LogP) is 3.02. The molecule has 1 aromatic carbocycles. The normalized spacial score (nSPS) is 11.5. The second-order valence-corrected chi connectivity index (χ2v) is 6.61. The van der Waals surface area contributed by atoms with E-state index in [1.165, 1.54) is 6.33 Å². The van der Waals surface area contributed by atoms with Gasteiger partial charge in [0, 0.05) is 22.5 Å². The van der Waals surface area contributed by atoms with Crippen LogP contribution in [-0.4, -0.2) is 34.5 Å². The fourth-order valence-electron chi connectivity index (χ4n) is 2.24. The fraction of sp³-hybridized carbons (Fsp3) is 0.438. The monoisotopic (exact) mass is 320 g/mol. The number of aromatic nitrogens is 2. The molecule has 0 bridgehead atoms. The fourth-order valence-corrected chi connectivity index (χ4v) is 2.40. The van der Waals surface area contributed by atoms with Crippen molar-refractivity contribution in [2.75, 3.05) is 18.0 Å². The summed E-state index contributed by atoms with van der Waals surface area (Å²) in [7, 11) is 0. The zero-order valence-electron chi connectivity index (χ0n) is 13.4. The molecule has 0 saturated carbocycles. The van der Waals surface area contributed by atoms with Gasteiger partial charge < -0.3 is 10.2 Å². The van der Waals surface area contributed by atoms with Crippen LogP contribution >= 0.6 is 11.6 Å². The quantitative estimate of drug-likeness (QED) is 0.940. The molecule has 2 aromatic rings. The van der Waals surface area contributed by atoms with E-state index in [1.54, 1.807) is 12.1 Å². The summed E-state index contributed by atoms with van der Waals surface area (Å²) in [6, 6.07) is 5.49. The molecule has 2 rings (SSSR count). The van der Waals surface area contributed by atoms with Gasteiger partial charge in [0.2, 0.25) is 5.91 Å². The maximum atomic E-state index is 12.2. The van der Waals surface area contributed by atoms with Crippen molar-refractivity contribution in [2.24, 2.45) is 0 Å². The molecule has 0 aliphatic heterocycles. The average Bonchev–Trinajstić information content (AvgIpc) is 2.42. The Kier molecular flexibility index (Phi) is 4.86. The van der Waals surface area contributed by atoms with Gasteiger partial charge in [-0.3, -0.25) is 4.79 Å². The van der Waals surface area contributed by atoms with Crippen LogP contribution in [0.5, 0.6) is 0 Å². The number of halogens is 1. The number of fused-ring (bicyclic) bond motifs is 1. The number of likely N-dealkylation sites (N-methyl/N-ethyl adjacent to an activating group) is 1. The van der Waals surface area contributed by atoms with Crippen molar-refractivity contribution in [3.05, 3.63) is 29.5 Å². The van der Waals surface area contributed by atoms with Crippen LogP contribution in [0.25, 0.3) is 10.9 Å². The minimum Gasteiger partial charge on any atom is -0.350 e. The number of carbonyl (C=O) groups excluding carboxylic acids is 1. The van der Waals surface area contributed by atoms with E-state index in [2.05, 4.69) is 15.3 Å². The van der Waals surface area contributed by atoms with Gasteiger partial charge in [-0.25, -0.2) is 9.97 Å². The third-order valence-corrected chi connectivity index (χ3v) is 3.34. The van der Waals surface area contributed by atoms with Gasteiger partial charge in [0.25, 0.3) is 0 Å². The molecule has 0 radical (unpaired) electrons. The molecule has 1 N–H and O–H groups in total. The van der Waals surface area contributed by atoms with Crippen LogP contribution in [0.15, 0.2) is 24.5 Å². The number of benzene rings is 1. The molecular formula is C16H21ClN4O. The highest BCUT2D eigenvalue weighted by atomic mass is 35.5. The van der Waals surface area contributed by atoms with Crippen LogP contribution in [-0.2, 0) is 4.79 Å². The summed E-state index contributed by atoms with van der Waals surface area (Å²) in [5, 5.41) is 4.48. The number of nitrogens with one attached hydrogen (secondary N) is 1. The lowest BCUT2D eigenvalue weighted by Crippen LogP contribution is -2.46. The smallest absolute Gasteiger partial charge is 0.239 e. The highest BCUT2D eigenvalue weighted by Crippen LogP contribution is 2.25. The Morgan fingerprint density at radius 3 is 2.68 bits per heavy atom. The van der Waals surface area contributed by atoms with Crippen molar-refractivity contribution >= 4 is 34.2 Å². The topological polar surface area (TPSA) is 58.1 Å². The Labute approximate surface area is 135 Å². The third-order valence-electron chi connectivity index (χ3n) is 3.11. The molecule has 0 saturated heterocycles. The van der Waals surface area contributed by atoms with Gasteiger partial charge in [0.15, 0.2) is 0 Å². The molecule has 0 aliphatic rings. The first-order chi connectivity index (χ1) is 10.3. The molecular weight excluding hydrogens is 300 g/mol. The van der Waals surface area contributed by atoms with Crippen LogP contribution in [0.2, 0.25) is 5.02 Å². The van der Waals surface area contributed by atoms with Crippen molar-refractivity contribution < 1.29 is 4.79 Å². The molecule has 22 heavy (non-hydrogen) atoms. The Balaban J connectivity index is 2.30. The SMILES string of the molecule is CCN(CC(=O)NC(C)(C)C)c1ncnc2cc(Cl)ccc12. The number of amides is 1. The van der Waals surface area contributed by atoms with E-state index in [1.807, 2.05) is 38.7 Å². The summed E-state index contributed by atoms with van der Waals surface area (Å²) in [6.45, 7) is 8.80.